The van der Waals surface area contributed by atoms with E-state index >= 15 is 0 Å². The van der Waals surface area contributed by atoms with Gasteiger partial charge in [-0.3, -0.25) is 0 Å². The van der Waals surface area contributed by atoms with Crippen molar-refractivity contribution in [3.63, 3.8) is 0 Å². The lowest BCUT2D eigenvalue weighted by molar-refractivity contribution is 1.13. The first-order chi connectivity index (χ1) is 27.2. The Hall–Kier alpha value is -7.86. The average Bonchev–Trinajstić information content (AvgIpc) is 3.89. The molecule has 3 aromatic heterocycles. The molecule has 0 saturated carbocycles. The van der Waals surface area contributed by atoms with Crippen molar-refractivity contribution < 1.29 is 0 Å². The Bertz CT molecular complexity index is 3420. The SMILES string of the molecule is N#Cc1ccc2c3ccccc3n(-c3cccc(C#N)c3-c3cccc(-n4c5ccccc5c5cccc(-n6c7ccccc7c7ccccc76)c54)c3)c2c1. The van der Waals surface area contributed by atoms with Gasteiger partial charge in [-0.05, 0) is 72.3 Å². The molecule has 3 heterocycles. The zero-order valence-corrected chi connectivity index (χ0v) is 29.5. The zero-order chi connectivity index (χ0) is 36.6. The van der Waals surface area contributed by atoms with Crippen LogP contribution in [0.3, 0.4) is 0 Å². The molecule has 0 fully saturated rings. The molecule has 0 atom stereocenters. The molecule has 0 bridgehead atoms. The lowest BCUT2D eigenvalue weighted by atomic mass is 9.97. The number of hydrogen-bond donors (Lipinski definition) is 0. The third kappa shape index (κ3) is 4.39. The maximum Gasteiger partial charge on any atom is 0.0998 e. The van der Waals surface area contributed by atoms with Crippen LogP contribution in [0.15, 0.2) is 176 Å². The van der Waals surface area contributed by atoms with E-state index in [1.54, 1.807) is 0 Å². The molecular weight excluding hydrogens is 671 g/mol. The predicted octanol–water partition coefficient (Wildman–Crippen LogP) is 12.4. The van der Waals surface area contributed by atoms with Gasteiger partial charge >= 0.3 is 0 Å². The van der Waals surface area contributed by atoms with Gasteiger partial charge in [-0.1, -0.05) is 109 Å². The van der Waals surface area contributed by atoms with Crippen molar-refractivity contribution in [2.75, 3.05) is 0 Å². The molecule has 5 nitrogen and oxygen atoms in total. The van der Waals surface area contributed by atoms with Crippen molar-refractivity contribution in [1.29, 1.82) is 10.5 Å². The molecule has 0 unspecified atom stereocenters. The van der Waals surface area contributed by atoms with E-state index in [2.05, 4.69) is 159 Å². The van der Waals surface area contributed by atoms with Crippen LogP contribution in [0.5, 0.6) is 0 Å². The summed E-state index contributed by atoms with van der Waals surface area (Å²) in [6.45, 7) is 0. The van der Waals surface area contributed by atoms with Gasteiger partial charge in [-0.15, -0.1) is 0 Å². The summed E-state index contributed by atoms with van der Waals surface area (Å²) in [4.78, 5) is 0. The van der Waals surface area contributed by atoms with Gasteiger partial charge in [0.1, 0.15) is 0 Å². The Kier molecular flexibility index (Phi) is 6.61. The molecule has 0 spiro atoms. The average molecular weight is 700 g/mol. The smallest absolute Gasteiger partial charge is 0.0998 e. The Morgan fingerprint density at radius 2 is 0.873 bits per heavy atom. The zero-order valence-electron chi connectivity index (χ0n) is 29.5. The van der Waals surface area contributed by atoms with Gasteiger partial charge in [-0.2, -0.15) is 10.5 Å². The van der Waals surface area contributed by atoms with Crippen LogP contribution in [0.1, 0.15) is 11.1 Å². The fraction of sp³-hybridized carbons (Fsp3) is 0. The molecule has 5 heteroatoms. The van der Waals surface area contributed by atoms with E-state index in [1.165, 1.54) is 16.2 Å². The topological polar surface area (TPSA) is 62.4 Å². The molecule has 0 aliphatic heterocycles. The minimum atomic E-state index is 0.574. The van der Waals surface area contributed by atoms with Gasteiger partial charge < -0.3 is 13.7 Å². The van der Waals surface area contributed by atoms with Gasteiger partial charge in [0.2, 0.25) is 0 Å². The number of benzene rings is 8. The maximum atomic E-state index is 10.7. The first-order valence-corrected chi connectivity index (χ1v) is 18.3. The van der Waals surface area contributed by atoms with Crippen molar-refractivity contribution >= 4 is 65.4 Å². The standard InChI is InChI=1S/C50H29N5/c51-30-32-26-27-40-38-17-3-8-23-45(38)55(48(40)28-32)46-24-10-13-34(31-52)49(46)33-12-9-14-35(29-33)53-42-20-5-4-18-39(42)41-19-11-25-47(50(41)53)54-43-21-6-1-15-36(43)37-16-2-7-22-44(37)54/h1-29H. The van der Waals surface area contributed by atoms with Gasteiger partial charge in [-0.25, -0.2) is 0 Å². The van der Waals surface area contributed by atoms with Gasteiger partial charge in [0.15, 0.2) is 0 Å². The van der Waals surface area contributed by atoms with Crippen molar-refractivity contribution in [3.05, 3.63) is 187 Å². The number of nitrogens with zero attached hydrogens (tertiary/aromatic N) is 5. The van der Waals surface area contributed by atoms with Crippen molar-refractivity contribution in [1.82, 2.24) is 13.7 Å². The lowest BCUT2D eigenvalue weighted by Crippen LogP contribution is -2.02. The van der Waals surface area contributed by atoms with Crippen LogP contribution in [0.2, 0.25) is 0 Å². The number of rotatable bonds is 4. The summed E-state index contributed by atoms with van der Waals surface area (Å²) < 4.78 is 6.98. The van der Waals surface area contributed by atoms with Crippen molar-refractivity contribution in [3.8, 4) is 40.3 Å². The fourth-order valence-electron chi connectivity index (χ4n) is 8.85. The molecule has 55 heavy (non-hydrogen) atoms. The quantitative estimate of drug-likeness (QED) is 0.184. The molecule has 8 aromatic carbocycles. The number of para-hydroxylation sites is 5. The second-order valence-electron chi connectivity index (χ2n) is 14.0. The van der Waals surface area contributed by atoms with E-state index < -0.39 is 0 Å². The Morgan fingerprint density at radius 1 is 0.364 bits per heavy atom. The van der Waals surface area contributed by atoms with Crippen molar-refractivity contribution in [2.45, 2.75) is 0 Å². The van der Waals surface area contributed by atoms with E-state index in [9.17, 15) is 10.5 Å². The van der Waals surface area contributed by atoms with Crippen LogP contribution in [-0.2, 0) is 0 Å². The number of hydrogen-bond acceptors (Lipinski definition) is 2. The van der Waals surface area contributed by atoms with Crippen LogP contribution < -0.4 is 0 Å². The highest BCUT2D eigenvalue weighted by atomic mass is 15.1. The van der Waals surface area contributed by atoms with Gasteiger partial charge in [0.05, 0.1) is 67.7 Å². The molecule has 0 aliphatic rings. The van der Waals surface area contributed by atoms with E-state index in [-0.39, 0.29) is 0 Å². The highest BCUT2D eigenvalue weighted by Gasteiger charge is 2.22. The largest absolute Gasteiger partial charge is 0.309 e. The van der Waals surface area contributed by atoms with E-state index in [0.717, 1.165) is 77.4 Å². The second kappa shape index (κ2) is 11.8. The highest BCUT2D eigenvalue weighted by Crippen LogP contribution is 2.42. The second-order valence-corrected chi connectivity index (χ2v) is 14.0. The fourth-order valence-corrected chi connectivity index (χ4v) is 8.85. The third-order valence-corrected chi connectivity index (χ3v) is 11.1. The predicted molar refractivity (Wildman–Crippen MR) is 224 cm³/mol. The maximum absolute atomic E-state index is 10.7. The van der Waals surface area contributed by atoms with Gasteiger partial charge in [0, 0.05) is 43.6 Å². The molecule has 0 amide bonds. The highest BCUT2D eigenvalue weighted by molar-refractivity contribution is 6.15. The third-order valence-electron chi connectivity index (χ3n) is 11.1. The summed E-state index contributed by atoms with van der Waals surface area (Å²) in [6, 6.07) is 65.9. The van der Waals surface area contributed by atoms with Crippen LogP contribution in [0, 0.1) is 22.7 Å². The summed E-state index contributed by atoms with van der Waals surface area (Å²) in [5, 5.41) is 27.5. The molecular formula is C50H29N5. The first-order valence-electron chi connectivity index (χ1n) is 18.3. The van der Waals surface area contributed by atoms with Gasteiger partial charge in [0.25, 0.3) is 0 Å². The molecule has 0 radical (unpaired) electrons. The normalized spacial score (nSPS) is 11.6. The van der Waals surface area contributed by atoms with E-state index in [1.807, 2.05) is 42.5 Å². The summed E-state index contributed by atoms with van der Waals surface area (Å²) in [5.74, 6) is 0. The van der Waals surface area contributed by atoms with Crippen LogP contribution in [0.4, 0.5) is 0 Å². The molecule has 11 rings (SSSR count). The van der Waals surface area contributed by atoms with Crippen molar-refractivity contribution in [2.24, 2.45) is 0 Å². The Labute approximate surface area is 316 Å². The molecule has 0 N–H and O–H groups in total. The number of fused-ring (bicyclic) bond motifs is 9. The van der Waals surface area contributed by atoms with Crippen LogP contribution in [0.25, 0.3) is 93.6 Å². The first kappa shape index (κ1) is 30.7. The minimum Gasteiger partial charge on any atom is -0.309 e. The monoisotopic (exact) mass is 699 g/mol. The molecule has 0 aliphatic carbocycles. The minimum absolute atomic E-state index is 0.574. The molecule has 0 saturated heterocycles. The number of aromatic nitrogens is 3. The summed E-state index contributed by atoms with van der Waals surface area (Å²) in [6.07, 6.45) is 0. The Morgan fingerprint density at radius 3 is 1.51 bits per heavy atom. The Balaban J connectivity index is 1.21. The molecule has 254 valence electrons. The number of nitriles is 2. The summed E-state index contributed by atoms with van der Waals surface area (Å²) in [7, 11) is 0. The van der Waals surface area contributed by atoms with E-state index in [4.69, 9.17) is 0 Å². The summed E-state index contributed by atoms with van der Waals surface area (Å²) >= 11 is 0. The van der Waals surface area contributed by atoms with Crippen LogP contribution in [-0.4, -0.2) is 13.7 Å². The summed E-state index contributed by atoms with van der Waals surface area (Å²) in [5.41, 5.74) is 12.3. The lowest BCUT2D eigenvalue weighted by Gasteiger charge is -2.18. The van der Waals surface area contributed by atoms with E-state index in [0.29, 0.717) is 11.1 Å². The van der Waals surface area contributed by atoms with Crippen LogP contribution >= 0.6 is 0 Å². The molecule has 11 aromatic rings.